The topological polar surface area (TPSA) is 61.9 Å². The highest BCUT2D eigenvalue weighted by Crippen LogP contribution is 2.22. The first kappa shape index (κ1) is 19.2. The van der Waals surface area contributed by atoms with E-state index in [1.807, 2.05) is 52.2 Å². The molecule has 2 rings (SSSR count). The highest BCUT2D eigenvalue weighted by atomic mass is 16.5. The highest BCUT2D eigenvalue weighted by Gasteiger charge is 2.33. The van der Waals surface area contributed by atoms with E-state index in [2.05, 4.69) is 10.2 Å². The molecule has 0 radical (unpaired) electrons. The summed E-state index contributed by atoms with van der Waals surface area (Å²) in [4.78, 5) is 28.4. The van der Waals surface area contributed by atoms with Crippen molar-refractivity contribution < 1.29 is 14.3 Å². The molecule has 1 aliphatic heterocycles. The number of anilines is 1. The monoisotopic (exact) mass is 347 g/mol. The summed E-state index contributed by atoms with van der Waals surface area (Å²) in [5.41, 5.74) is 0.722. The summed E-state index contributed by atoms with van der Waals surface area (Å²) in [5, 5.41) is 2.90. The van der Waals surface area contributed by atoms with Crippen LogP contribution in [0, 0.1) is 5.92 Å². The average molecular weight is 347 g/mol. The van der Waals surface area contributed by atoms with Gasteiger partial charge in [0, 0.05) is 25.2 Å². The molecule has 25 heavy (non-hydrogen) atoms. The maximum absolute atomic E-state index is 12.4. The molecule has 1 saturated heterocycles. The van der Waals surface area contributed by atoms with Crippen molar-refractivity contribution in [3.05, 3.63) is 24.3 Å². The first-order chi connectivity index (χ1) is 11.8. The maximum Gasteiger partial charge on any atom is 0.229 e. The van der Waals surface area contributed by atoms with Gasteiger partial charge in [0.1, 0.15) is 5.75 Å². The lowest BCUT2D eigenvalue weighted by atomic mass is 10.1. The number of benzene rings is 1. The van der Waals surface area contributed by atoms with E-state index in [1.54, 1.807) is 4.90 Å². The van der Waals surface area contributed by atoms with Gasteiger partial charge in [0.05, 0.1) is 12.0 Å². The molecule has 0 aliphatic carbocycles. The molecule has 1 N–H and O–H groups in total. The molecule has 1 aromatic carbocycles. The Balaban J connectivity index is 1.83. The Bertz CT molecular complexity index is 584. The van der Waals surface area contributed by atoms with Crippen LogP contribution >= 0.6 is 0 Å². The number of carbonyl (C=O) groups is 2. The second-order valence-electron chi connectivity index (χ2n) is 7.08. The number of amides is 2. The van der Waals surface area contributed by atoms with E-state index in [1.165, 1.54) is 0 Å². The first-order valence-corrected chi connectivity index (χ1v) is 8.85. The molecule has 0 saturated carbocycles. The molecule has 2 amide bonds. The van der Waals surface area contributed by atoms with Gasteiger partial charge in [0.2, 0.25) is 11.8 Å². The van der Waals surface area contributed by atoms with Gasteiger partial charge >= 0.3 is 0 Å². The fourth-order valence-corrected chi connectivity index (χ4v) is 2.88. The van der Waals surface area contributed by atoms with Gasteiger partial charge < -0.3 is 19.9 Å². The van der Waals surface area contributed by atoms with Crippen molar-refractivity contribution >= 4 is 17.5 Å². The molecule has 0 bridgehead atoms. The molecule has 1 aromatic rings. The van der Waals surface area contributed by atoms with E-state index in [9.17, 15) is 9.59 Å². The number of carbonyl (C=O) groups excluding carboxylic acids is 2. The van der Waals surface area contributed by atoms with Crippen LogP contribution in [0.5, 0.6) is 5.75 Å². The summed E-state index contributed by atoms with van der Waals surface area (Å²) >= 11 is 0. The predicted molar refractivity (Wildman–Crippen MR) is 98.7 cm³/mol. The van der Waals surface area contributed by atoms with E-state index in [4.69, 9.17) is 4.74 Å². The second-order valence-corrected chi connectivity index (χ2v) is 7.08. The standard InChI is InChI=1S/C19H29N3O3/c1-14(2)25-17-8-6-16(7-9-17)20-19(24)15-12-18(23)22(13-15)11-5-10-21(3)4/h6-9,14-15H,5,10-13H2,1-4H3,(H,20,24). The molecular formula is C19H29N3O3. The zero-order chi connectivity index (χ0) is 18.4. The van der Waals surface area contributed by atoms with Crippen LogP contribution in [0.2, 0.25) is 0 Å². The second kappa shape index (κ2) is 8.85. The number of hydrogen-bond acceptors (Lipinski definition) is 4. The van der Waals surface area contributed by atoms with E-state index in [0.29, 0.717) is 19.5 Å². The Kier molecular flexibility index (Phi) is 6.82. The van der Waals surface area contributed by atoms with Crippen LogP contribution in [0.1, 0.15) is 26.7 Å². The molecule has 0 aromatic heterocycles. The van der Waals surface area contributed by atoms with Crippen LogP contribution in [0.4, 0.5) is 5.69 Å². The van der Waals surface area contributed by atoms with Crippen molar-refractivity contribution in [2.45, 2.75) is 32.8 Å². The van der Waals surface area contributed by atoms with Gasteiger partial charge in [0.15, 0.2) is 0 Å². The SMILES string of the molecule is CC(C)Oc1ccc(NC(=O)C2CC(=O)N(CCCN(C)C)C2)cc1. The summed E-state index contributed by atoms with van der Waals surface area (Å²) in [7, 11) is 4.03. The van der Waals surface area contributed by atoms with Gasteiger partial charge in [-0.3, -0.25) is 9.59 Å². The summed E-state index contributed by atoms with van der Waals surface area (Å²) in [6.45, 7) is 6.09. The Labute approximate surface area is 150 Å². The minimum absolute atomic E-state index is 0.0691. The van der Waals surface area contributed by atoms with Crippen LogP contribution in [0.15, 0.2) is 24.3 Å². The molecule has 1 fully saturated rings. The van der Waals surface area contributed by atoms with E-state index in [-0.39, 0.29) is 23.8 Å². The summed E-state index contributed by atoms with van der Waals surface area (Å²) in [6, 6.07) is 7.31. The molecule has 1 aliphatic rings. The number of nitrogens with one attached hydrogen (secondary N) is 1. The van der Waals surface area contributed by atoms with Crippen LogP contribution in [0.3, 0.4) is 0 Å². The largest absolute Gasteiger partial charge is 0.491 e. The van der Waals surface area contributed by atoms with Gasteiger partial charge in [-0.1, -0.05) is 0 Å². The van der Waals surface area contributed by atoms with Gasteiger partial charge in [-0.15, -0.1) is 0 Å². The quantitative estimate of drug-likeness (QED) is 0.783. The third kappa shape index (κ3) is 6.05. The normalized spacial score (nSPS) is 17.4. The Morgan fingerprint density at radius 1 is 1.32 bits per heavy atom. The fraction of sp³-hybridized carbons (Fsp3) is 0.579. The Hall–Kier alpha value is -2.08. The third-order valence-corrected chi connectivity index (χ3v) is 4.11. The van der Waals surface area contributed by atoms with E-state index in [0.717, 1.165) is 24.4 Å². The third-order valence-electron chi connectivity index (χ3n) is 4.11. The molecule has 138 valence electrons. The number of likely N-dealkylation sites (tertiary alicyclic amines) is 1. The molecule has 1 unspecified atom stereocenters. The van der Waals surface area contributed by atoms with Crippen LogP contribution in [-0.2, 0) is 9.59 Å². The van der Waals surface area contributed by atoms with Crippen molar-refractivity contribution in [2.24, 2.45) is 5.92 Å². The lowest BCUT2D eigenvalue weighted by Crippen LogP contribution is -2.30. The van der Waals surface area contributed by atoms with Crippen molar-refractivity contribution in [3.8, 4) is 5.75 Å². The van der Waals surface area contributed by atoms with E-state index >= 15 is 0 Å². The molecular weight excluding hydrogens is 318 g/mol. The lowest BCUT2D eigenvalue weighted by molar-refractivity contribution is -0.128. The number of ether oxygens (including phenoxy) is 1. The Morgan fingerprint density at radius 2 is 2.00 bits per heavy atom. The van der Waals surface area contributed by atoms with Crippen LogP contribution < -0.4 is 10.1 Å². The number of nitrogens with zero attached hydrogens (tertiary/aromatic N) is 2. The molecule has 1 heterocycles. The van der Waals surface area contributed by atoms with Crippen molar-refractivity contribution in [1.29, 1.82) is 0 Å². The van der Waals surface area contributed by atoms with Gasteiger partial charge in [-0.2, -0.15) is 0 Å². The highest BCUT2D eigenvalue weighted by molar-refractivity contribution is 5.97. The zero-order valence-electron chi connectivity index (χ0n) is 15.6. The molecule has 0 spiro atoms. The minimum atomic E-state index is -0.279. The Morgan fingerprint density at radius 3 is 2.60 bits per heavy atom. The summed E-state index contributed by atoms with van der Waals surface area (Å²) < 4.78 is 5.59. The lowest BCUT2D eigenvalue weighted by Gasteiger charge is -2.18. The van der Waals surface area contributed by atoms with Crippen molar-refractivity contribution in [2.75, 3.05) is 39.0 Å². The predicted octanol–water partition coefficient (Wildman–Crippen LogP) is 2.21. The smallest absolute Gasteiger partial charge is 0.229 e. The number of rotatable bonds is 8. The van der Waals surface area contributed by atoms with E-state index < -0.39 is 0 Å². The van der Waals surface area contributed by atoms with Crippen molar-refractivity contribution in [1.82, 2.24) is 9.80 Å². The van der Waals surface area contributed by atoms with Crippen LogP contribution in [-0.4, -0.2) is 61.4 Å². The number of hydrogen-bond donors (Lipinski definition) is 1. The minimum Gasteiger partial charge on any atom is -0.491 e. The fourth-order valence-electron chi connectivity index (χ4n) is 2.88. The molecule has 6 heteroatoms. The van der Waals surface area contributed by atoms with Gasteiger partial charge in [-0.05, 0) is 65.2 Å². The molecule has 1 atom stereocenters. The van der Waals surface area contributed by atoms with Gasteiger partial charge in [0.25, 0.3) is 0 Å². The van der Waals surface area contributed by atoms with Crippen molar-refractivity contribution in [3.63, 3.8) is 0 Å². The zero-order valence-corrected chi connectivity index (χ0v) is 15.6. The average Bonchev–Trinajstić information content (AvgIpc) is 2.90. The van der Waals surface area contributed by atoms with Crippen LogP contribution in [0.25, 0.3) is 0 Å². The maximum atomic E-state index is 12.4. The molecule has 6 nitrogen and oxygen atoms in total. The summed E-state index contributed by atoms with van der Waals surface area (Å²) in [6.07, 6.45) is 1.33. The first-order valence-electron chi connectivity index (χ1n) is 8.85. The van der Waals surface area contributed by atoms with Gasteiger partial charge in [-0.25, -0.2) is 0 Å². The summed E-state index contributed by atoms with van der Waals surface area (Å²) in [5.74, 6) is 0.468.